The molecule has 0 spiro atoms. The number of ether oxygens (including phenoxy) is 1. The summed E-state index contributed by atoms with van der Waals surface area (Å²) in [6, 6.07) is 14.9. The van der Waals surface area contributed by atoms with Gasteiger partial charge in [-0.15, -0.1) is 0 Å². The van der Waals surface area contributed by atoms with Gasteiger partial charge < -0.3 is 14.5 Å². The summed E-state index contributed by atoms with van der Waals surface area (Å²) in [6.07, 6.45) is 3.39. The molecule has 0 saturated carbocycles. The Morgan fingerprint density at radius 2 is 1.75 bits per heavy atom. The van der Waals surface area contributed by atoms with Gasteiger partial charge in [-0.3, -0.25) is 5.14 Å². The van der Waals surface area contributed by atoms with Gasteiger partial charge >= 0.3 is 0 Å². The first-order valence-electron chi connectivity index (χ1n) is 11.4. The van der Waals surface area contributed by atoms with Crippen LogP contribution in [0.3, 0.4) is 0 Å². The first kappa shape index (κ1) is 26.2. The van der Waals surface area contributed by atoms with Crippen LogP contribution in [0.2, 0.25) is 0 Å². The van der Waals surface area contributed by atoms with E-state index in [0.717, 1.165) is 56.2 Å². The second-order valence-corrected chi connectivity index (χ2v) is 9.60. The Morgan fingerprint density at radius 1 is 1.09 bits per heavy atom. The van der Waals surface area contributed by atoms with Crippen LogP contribution in [0.15, 0.2) is 41.3 Å². The predicted molar refractivity (Wildman–Crippen MR) is 140 cm³/mol. The fourth-order valence-corrected chi connectivity index (χ4v) is 3.64. The second kappa shape index (κ2) is 13.5. The van der Waals surface area contributed by atoms with E-state index in [1.54, 1.807) is 0 Å². The van der Waals surface area contributed by atoms with Crippen molar-refractivity contribution in [1.29, 1.82) is 5.26 Å². The molecule has 1 saturated heterocycles. The van der Waals surface area contributed by atoms with E-state index in [-0.39, 0.29) is 0 Å². The lowest BCUT2D eigenvalue weighted by molar-refractivity contribution is 0.0710. The minimum atomic E-state index is 0.392. The summed E-state index contributed by atoms with van der Waals surface area (Å²) in [4.78, 5) is 5.31. The smallest absolute Gasteiger partial charge is 0.107 e. The third kappa shape index (κ3) is 8.84. The molecule has 1 aliphatic heterocycles. The minimum absolute atomic E-state index is 0.392. The van der Waals surface area contributed by atoms with Crippen LogP contribution in [0.1, 0.15) is 39.7 Å². The van der Waals surface area contributed by atoms with Gasteiger partial charge in [-0.05, 0) is 85.8 Å². The van der Waals surface area contributed by atoms with E-state index in [2.05, 4.69) is 80.9 Å². The van der Waals surface area contributed by atoms with Crippen molar-refractivity contribution in [3.8, 4) is 6.07 Å². The van der Waals surface area contributed by atoms with Gasteiger partial charge in [0.25, 0.3) is 0 Å². The van der Waals surface area contributed by atoms with Crippen LogP contribution in [0.25, 0.3) is 16.8 Å². The Balaban J connectivity index is 0.000000344. The summed E-state index contributed by atoms with van der Waals surface area (Å²) in [5, 5.41) is 16.8. The zero-order valence-corrected chi connectivity index (χ0v) is 21.0. The summed E-state index contributed by atoms with van der Waals surface area (Å²) in [7, 11) is 2.17. The lowest BCUT2D eigenvalue weighted by Gasteiger charge is -2.34. The van der Waals surface area contributed by atoms with Crippen LogP contribution in [0, 0.1) is 17.2 Å². The summed E-state index contributed by atoms with van der Waals surface area (Å²) in [6.45, 7) is 13.8. The van der Waals surface area contributed by atoms with Gasteiger partial charge in [0.2, 0.25) is 0 Å². The SMILES string of the molecule is CC(C)CCOC(C)C.CN1CCN(c2ccc3cc(/C=C(\C#N)SN)ccc3c2)CC1. The molecule has 2 N–H and O–H groups in total. The maximum Gasteiger partial charge on any atom is 0.107 e. The molecule has 174 valence electrons. The van der Waals surface area contributed by atoms with E-state index < -0.39 is 0 Å². The van der Waals surface area contributed by atoms with Crippen LogP contribution >= 0.6 is 11.9 Å². The fourth-order valence-electron chi connectivity index (χ4n) is 3.39. The molecule has 0 radical (unpaired) electrons. The topological polar surface area (TPSA) is 65.5 Å². The quantitative estimate of drug-likeness (QED) is 0.439. The number of nitrogens with zero attached hydrogens (tertiary/aromatic N) is 3. The Bertz CT molecular complexity index is 904. The van der Waals surface area contributed by atoms with Crippen molar-refractivity contribution in [2.45, 2.75) is 40.2 Å². The average Bonchev–Trinajstić information content (AvgIpc) is 2.77. The molecule has 0 amide bonds. The molecule has 0 unspecified atom stereocenters. The standard InChI is InChI=1S/C18H20N4S.C8H18O/c1-21-6-8-22(9-7-21)17-5-4-15-10-14(2-3-16(15)12-17)11-18(13-19)23-20;1-7(2)5-6-9-8(3)4/h2-5,10-12H,6-9,20H2,1H3;7-8H,5-6H2,1-4H3/b18-11+;. The normalized spacial score (nSPS) is 15.1. The maximum atomic E-state index is 8.97. The number of benzene rings is 2. The third-order valence-corrected chi connectivity index (χ3v) is 5.86. The highest BCUT2D eigenvalue weighted by Crippen LogP contribution is 2.25. The molecule has 0 aromatic heterocycles. The van der Waals surface area contributed by atoms with Gasteiger partial charge in [0.15, 0.2) is 0 Å². The van der Waals surface area contributed by atoms with Crippen LogP contribution in [0.4, 0.5) is 5.69 Å². The van der Waals surface area contributed by atoms with Crippen molar-refractivity contribution >= 4 is 34.5 Å². The number of allylic oxidation sites excluding steroid dienone is 1. The fraction of sp³-hybridized carbons (Fsp3) is 0.500. The second-order valence-electron chi connectivity index (χ2n) is 8.92. The number of likely N-dealkylation sites (N-methyl/N-ethyl adjacent to an activating group) is 1. The Hall–Kier alpha value is -2.04. The van der Waals surface area contributed by atoms with Crippen LogP contribution in [-0.4, -0.2) is 50.8 Å². The number of hydrogen-bond donors (Lipinski definition) is 1. The number of hydrogen-bond acceptors (Lipinski definition) is 6. The van der Waals surface area contributed by atoms with E-state index >= 15 is 0 Å². The van der Waals surface area contributed by atoms with Gasteiger partial charge in [-0.2, -0.15) is 5.26 Å². The van der Waals surface area contributed by atoms with Crippen molar-refractivity contribution in [3.05, 3.63) is 46.9 Å². The van der Waals surface area contributed by atoms with Gasteiger partial charge in [0, 0.05) is 38.5 Å². The summed E-state index contributed by atoms with van der Waals surface area (Å²) in [5.74, 6) is 0.767. The summed E-state index contributed by atoms with van der Waals surface area (Å²) < 4.78 is 5.35. The van der Waals surface area contributed by atoms with E-state index in [4.69, 9.17) is 15.1 Å². The first-order chi connectivity index (χ1) is 15.3. The molecule has 0 aliphatic carbocycles. The molecular weight excluding hydrogens is 416 g/mol. The van der Waals surface area contributed by atoms with Crippen molar-refractivity contribution in [2.75, 3.05) is 44.7 Å². The Morgan fingerprint density at radius 3 is 2.34 bits per heavy atom. The van der Waals surface area contributed by atoms with Gasteiger partial charge in [0.05, 0.1) is 6.10 Å². The van der Waals surface area contributed by atoms with E-state index in [1.165, 1.54) is 22.9 Å². The molecule has 0 atom stereocenters. The number of fused-ring (bicyclic) bond motifs is 1. The molecule has 5 nitrogen and oxygen atoms in total. The summed E-state index contributed by atoms with van der Waals surface area (Å²) in [5.41, 5.74) is 2.28. The number of nitrogens with two attached hydrogens (primary N) is 1. The minimum Gasteiger partial charge on any atom is -0.379 e. The molecule has 0 bridgehead atoms. The largest absolute Gasteiger partial charge is 0.379 e. The molecule has 2 aromatic rings. The van der Waals surface area contributed by atoms with E-state index in [1.807, 2.05) is 12.1 Å². The monoisotopic (exact) mass is 454 g/mol. The van der Waals surface area contributed by atoms with Crippen LogP contribution in [-0.2, 0) is 4.74 Å². The average molecular weight is 455 g/mol. The van der Waals surface area contributed by atoms with Gasteiger partial charge in [0.1, 0.15) is 11.0 Å². The number of anilines is 1. The molecule has 6 heteroatoms. The molecule has 3 rings (SSSR count). The zero-order valence-electron chi connectivity index (χ0n) is 20.2. The molecule has 32 heavy (non-hydrogen) atoms. The number of piperazine rings is 1. The third-order valence-electron chi connectivity index (χ3n) is 5.40. The Labute approximate surface area is 198 Å². The molecule has 2 aromatic carbocycles. The van der Waals surface area contributed by atoms with Gasteiger partial charge in [-0.1, -0.05) is 32.0 Å². The van der Waals surface area contributed by atoms with Crippen LogP contribution < -0.4 is 10.0 Å². The van der Waals surface area contributed by atoms with Crippen molar-refractivity contribution in [3.63, 3.8) is 0 Å². The highest BCUT2D eigenvalue weighted by Gasteiger charge is 2.14. The highest BCUT2D eigenvalue weighted by molar-refractivity contribution is 8.01. The number of nitriles is 1. The molecule has 1 heterocycles. The lowest BCUT2D eigenvalue weighted by Crippen LogP contribution is -2.44. The van der Waals surface area contributed by atoms with Crippen molar-refractivity contribution in [2.24, 2.45) is 11.1 Å². The highest BCUT2D eigenvalue weighted by atomic mass is 32.2. The van der Waals surface area contributed by atoms with Crippen LogP contribution in [0.5, 0.6) is 0 Å². The molecular formula is C26H38N4OS. The van der Waals surface area contributed by atoms with E-state index in [9.17, 15) is 0 Å². The number of rotatable bonds is 7. The summed E-state index contributed by atoms with van der Waals surface area (Å²) >= 11 is 0.981. The molecule has 1 fully saturated rings. The van der Waals surface area contributed by atoms with E-state index in [0.29, 0.717) is 11.0 Å². The Kier molecular flexibility index (Phi) is 11.1. The zero-order chi connectivity index (χ0) is 23.5. The van der Waals surface area contributed by atoms with Crippen molar-refractivity contribution < 1.29 is 4.74 Å². The predicted octanol–water partition coefficient (Wildman–Crippen LogP) is 5.52. The van der Waals surface area contributed by atoms with Gasteiger partial charge in [-0.25, -0.2) is 0 Å². The lowest BCUT2D eigenvalue weighted by atomic mass is 10.1. The molecule has 1 aliphatic rings. The maximum absolute atomic E-state index is 8.97. The first-order valence-corrected chi connectivity index (χ1v) is 12.3. The van der Waals surface area contributed by atoms with Crippen molar-refractivity contribution in [1.82, 2.24) is 4.90 Å².